The Labute approximate surface area is 109 Å². The van der Waals surface area contributed by atoms with Gasteiger partial charge in [0.05, 0.1) is 18.0 Å². The number of carbonyl (C=O) groups is 1. The van der Waals surface area contributed by atoms with Crippen molar-refractivity contribution in [2.45, 2.75) is 6.54 Å². The van der Waals surface area contributed by atoms with E-state index in [1.807, 2.05) is 0 Å². The van der Waals surface area contributed by atoms with Crippen LogP contribution in [-0.4, -0.2) is 27.7 Å². The van der Waals surface area contributed by atoms with Crippen LogP contribution in [0.3, 0.4) is 0 Å². The second-order valence-corrected chi connectivity index (χ2v) is 4.00. The fraction of sp³-hybridized carbons (Fsp3) is 0.250. The van der Waals surface area contributed by atoms with Gasteiger partial charge in [-0.3, -0.25) is 9.48 Å². The van der Waals surface area contributed by atoms with E-state index in [1.54, 1.807) is 31.2 Å². The molecule has 0 bridgehead atoms. The Morgan fingerprint density at radius 2 is 2.26 bits per heavy atom. The lowest BCUT2D eigenvalue weighted by atomic mass is 10.2. The Bertz CT molecular complexity index is 596. The number of carbonyl (C=O) groups excluding carboxylic acids is 1. The number of nitrogens with zero attached hydrogens (tertiary/aromatic N) is 3. The first-order valence-electron chi connectivity index (χ1n) is 5.69. The van der Waals surface area contributed by atoms with E-state index in [2.05, 4.69) is 20.7 Å². The molecule has 0 fully saturated rings. The van der Waals surface area contributed by atoms with Gasteiger partial charge in [0.1, 0.15) is 11.6 Å². The lowest BCUT2D eigenvalue weighted by molar-refractivity contribution is 0.0951. The minimum Gasteiger partial charge on any atom is -0.372 e. The number of rotatable bonds is 4. The van der Waals surface area contributed by atoms with Crippen LogP contribution in [0, 0.1) is 5.82 Å². The third-order valence-corrected chi connectivity index (χ3v) is 2.55. The van der Waals surface area contributed by atoms with Crippen molar-refractivity contribution in [2.75, 3.05) is 12.4 Å². The van der Waals surface area contributed by atoms with E-state index in [4.69, 9.17) is 0 Å². The van der Waals surface area contributed by atoms with Crippen molar-refractivity contribution in [3.63, 3.8) is 0 Å². The zero-order chi connectivity index (χ0) is 13.8. The SMILES string of the molecule is CNc1ncc(F)cc1C(=O)NCc1cnn(C)c1. The summed E-state index contributed by atoms with van der Waals surface area (Å²) in [6.45, 7) is 0.326. The van der Waals surface area contributed by atoms with Gasteiger partial charge in [0.25, 0.3) is 5.91 Å². The van der Waals surface area contributed by atoms with Crippen molar-refractivity contribution in [1.82, 2.24) is 20.1 Å². The van der Waals surface area contributed by atoms with E-state index in [1.165, 1.54) is 0 Å². The fourth-order valence-electron chi connectivity index (χ4n) is 1.65. The summed E-state index contributed by atoms with van der Waals surface area (Å²) in [4.78, 5) is 15.8. The maximum atomic E-state index is 13.1. The minimum atomic E-state index is -0.550. The van der Waals surface area contributed by atoms with E-state index in [0.29, 0.717) is 12.4 Å². The lowest BCUT2D eigenvalue weighted by Gasteiger charge is -2.08. The molecule has 0 saturated heterocycles. The van der Waals surface area contributed by atoms with Crippen LogP contribution in [0.25, 0.3) is 0 Å². The molecule has 0 saturated carbocycles. The summed E-state index contributed by atoms with van der Waals surface area (Å²) in [5.41, 5.74) is 1.04. The highest BCUT2D eigenvalue weighted by atomic mass is 19.1. The molecule has 2 aromatic rings. The summed E-state index contributed by atoms with van der Waals surface area (Å²) >= 11 is 0. The molecule has 2 heterocycles. The second-order valence-electron chi connectivity index (χ2n) is 4.00. The average Bonchev–Trinajstić information content (AvgIpc) is 2.81. The molecule has 0 radical (unpaired) electrons. The number of amides is 1. The van der Waals surface area contributed by atoms with E-state index in [9.17, 15) is 9.18 Å². The predicted molar refractivity (Wildman–Crippen MR) is 68.1 cm³/mol. The van der Waals surface area contributed by atoms with Crippen molar-refractivity contribution in [3.8, 4) is 0 Å². The number of aryl methyl sites for hydroxylation is 1. The van der Waals surface area contributed by atoms with Crippen LogP contribution in [0.5, 0.6) is 0 Å². The molecule has 2 rings (SSSR count). The summed E-state index contributed by atoms with van der Waals surface area (Å²) in [7, 11) is 3.42. The van der Waals surface area contributed by atoms with E-state index < -0.39 is 5.82 Å². The second kappa shape index (κ2) is 5.47. The van der Waals surface area contributed by atoms with Gasteiger partial charge in [0, 0.05) is 32.4 Å². The molecule has 2 aromatic heterocycles. The van der Waals surface area contributed by atoms with Crippen LogP contribution in [0.4, 0.5) is 10.2 Å². The van der Waals surface area contributed by atoms with Crippen molar-refractivity contribution in [3.05, 3.63) is 41.6 Å². The number of aromatic nitrogens is 3. The monoisotopic (exact) mass is 263 g/mol. The average molecular weight is 263 g/mol. The van der Waals surface area contributed by atoms with Crippen LogP contribution in [-0.2, 0) is 13.6 Å². The molecule has 0 aliphatic heterocycles. The number of nitrogens with one attached hydrogen (secondary N) is 2. The summed E-state index contributed by atoms with van der Waals surface area (Å²) in [6.07, 6.45) is 4.51. The highest BCUT2D eigenvalue weighted by Gasteiger charge is 2.13. The highest BCUT2D eigenvalue weighted by Crippen LogP contribution is 2.13. The number of hydrogen-bond donors (Lipinski definition) is 2. The summed E-state index contributed by atoms with van der Waals surface area (Å²) in [5.74, 6) is -0.601. The topological polar surface area (TPSA) is 71.8 Å². The Balaban J connectivity index is 2.09. The number of anilines is 1. The Morgan fingerprint density at radius 1 is 1.47 bits per heavy atom. The van der Waals surface area contributed by atoms with Gasteiger partial charge in [-0.1, -0.05) is 0 Å². The van der Waals surface area contributed by atoms with Crippen molar-refractivity contribution in [2.24, 2.45) is 7.05 Å². The molecule has 0 aromatic carbocycles. The lowest BCUT2D eigenvalue weighted by Crippen LogP contribution is -2.24. The molecule has 0 spiro atoms. The van der Waals surface area contributed by atoms with Crippen molar-refractivity contribution in [1.29, 1.82) is 0 Å². The molecule has 6 nitrogen and oxygen atoms in total. The third kappa shape index (κ3) is 3.06. The van der Waals surface area contributed by atoms with Crippen LogP contribution in [0.15, 0.2) is 24.7 Å². The van der Waals surface area contributed by atoms with E-state index in [0.717, 1.165) is 17.8 Å². The third-order valence-electron chi connectivity index (χ3n) is 2.55. The molecule has 0 atom stereocenters. The molecule has 7 heteroatoms. The maximum Gasteiger partial charge on any atom is 0.255 e. The molecular weight excluding hydrogens is 249 g/mol. The van der Waals surface area contributed by atoms with Gasteiger partial charge >= 0.3 is 0 Å². The first kappa shape index (κ1) is 13.0. The van der Waals surface area contributed by atoms with Crippen molar-refractivity contribution >= 4 is 11.7 Å². The smallest absolute Gasteiger partial charge is 0.255 e. The molecule has 0 unspecified atom stereocenters. The molecule has 19 heavy (non-hydrogen) atoms. The van der Waals surface area contributed by atoms with Gasteiger partial charge in [-0.25, -0.2) is 9.37 Å². The van der Waals surface area contributed by atoms with Crippen LogP contribution in [0.1, 0.15) is 15.9 Å². The fourth-order valence-corrected chi connectivity index (χ4v) is 1.65. The normalized spacial score (nSPS) is 10.3. The van der Waals surface area contributed by atoms with Gasteiger partial charge in [-0.2, -0.15) is 5.10 Å². The maximum absolute atomic E-state index is 13.1. The first-order chi connectivity index (χ1) is 9.10. The minimum absolute atomic E-state index is 0.173. The quantitative estimate of drug-likeness (QED) is 0.860. The number of pyridine rings is 1. The molecule has 2 N–H and O–H groups in total. The predicted octanol–water partition coefficient (Wildman–Crippen LogP) is 0.926. The van der Waals surface area contributed by atoms with Crippen LogP contribution in [0.2, 0.25) is 0 Å². The van der Waals surface area contributed by atoms with Gasteiger partial charge in [-0.05, 0) is 6.07 Å². The molecule has 0 aliphatic rings. The Kier molecular flexibility index (Phi) is 3.74. The molecule has 1 amide bonds. The first-order valence-corrected chi connectivity index (χ1v) is 5.69. The molecular formula is C12H14FN5O. The Hall–Kier alpha value is -2.44. The van der Waals surface area contributed by atoms with Crippen molar-refractivity contribution < 1.29 is 9.18 Å². The summed E-state index contributed by atoms with van der Waals surface area (Å²) in [6, 6.07) is 1.15. The zero-order valence-corrected chi connectivity index (χ0v) is 10.6. The standard InChI is InChI=1S/C12H14FN5O/c1-14-11-10(3-9(13)6-15-11)12(19)16-4-8-5-17-18(2)7-8/h3,5-7H,4H2,1-2H3,(H,14,15)(H,16,19). The van der Waals surface area contributed by atoms with Gasteiger partial charge in [-0.15, -0.1) is 0 Å². The van der Waals surface area contributed by atoms with E-state index in [-0.39, 0.29) is 11.5 Å². The van der Waals surface area contributed by atoms with E-state index >= 15 is 0 Å². The summed E-state index contributed by atoms with van der Waals surface area (Å²) < 4.78 is 14.8. The number of hydrogen-bond acceptors (Lipinski definition) is 4. The summed E-state index contributed by atoms with van der Waals surface area (Å²) in [5, 5.41) is 9.44. The van der Waals surface area contributed by atoms with Gasteiger partial charge in [0.2, 0.25) is 0 Å². The highest BCUT2D eigenvalue weighted by molar-refractivity contribution is 5.98. The largest absolute Gasteiger partial charge is 0.372 e. The van der Waals surface area contributed by atoms with Gasteiger partial charge in [0.15, 0.2) is 0 Å². The zero-order valence-electron chi connectivity index (χ0n) is 10.6. The number of halogens is 1. The molecule has 0 aliphatic carbocycles. The van der Waals surface area contributed by atoms with Gasteiger partial charge < -0.3 is 10.6 Å². The molecule has 100 valence electrons. The van der Waals surface area contributed by atoms with Crippen LogP contribution >= 0.6 is 0 Å². The van der Waals surface area contributed by atoms with Crippen LogP contribution < -0.4 is 10.6 Å². The Morgan fingerprint density at radius 3 is 2.89 bits per heavy atom.